The summed E-state index contributed by atoms with van der Waals surface area (Å²) in [5.74, 6) is 1.33. The fraction of sp³-hybridized carbons (Fsp3) is 0.583. The van der Waals surface area contributed by atoms with Crippen LogP contribution in [-0.2, 0) is 13.1 Å². The monoisotopic (exact) mass is 428 g/mol. The minimum Gasteiger partial charge on any atom is -0.493 e. The van der Waals surface area contributed by atoms with Gasteiger partial charge >= 0.3 is 0 Å². The lowest BCUT2D eigenvalue weighted by atomic mass is 9.94. The summed E-state index contributed by atoms with van der Waals surface area (Å²) in [7, 11) is 5.79. The van der Waals surface area contributed by atoms with Crippen LogP contribution in [0.2, 0.25) is 0 Å². The molecule has 1 heterocycles. The maximum absolute atomic E-state index is 10.5. The second-order valence-corrected chi connectivity index (χ2v) is 8.55. The van der Waals surface area contributed by atoms with Crippen LogP contribution in [0.25, 0.3) is 0 Å². The second kappa shape index (κ2) is 12.0. The Bertz CT molecular complexity index is 784. The molecule has 1 aliphatic carbocycles. The van der Waals surface area contributed by atoms with Crippen LogP contribution < -0.4 is 9.47 Å². The summed E-state index contributed by atoms with van der Waals surface area (Å²) in [5.41, 5.74) is 2.05. The first-order chi connectivity index (χ1) is 15.0. The molecule has 0 saturated heterocycles. The number of ether oxygens (including phenoxy) is 2. The average molecular weight is 429 g/mol. The molecule has 3 rings (SSSR count). The van der Waals surface area contributed by atoms with E-state index < -0.39 is 6.10 Å². The molecule has 1 atom stereocenters. The van der Waals surface area contributed by atoms with Crippen molar-refractivity contribution in [1.82, 2.24) is 19.8 Å². The summed E-state index contributed by atoms with van der Waals surface area (Å²) in [6.07, 6.45) is 11.0. The number of rotatable bonds is 11. The molecule has 1 unspecified atom stereocenters. The zero-order valence-corrected chi connectivity index (χ0v) is 19.0. The molecule has 0 amide bonds. The number of hydrogen-bond acceptors (Lipinski definition) is 7. The van der Waals surface area contributed by atoms with Gasteiger partial charge in [0.2, 0.25) is 0 Å². The fourth-order valence-electron chi connectivity index (χ4n) is 4.23. The van der Waals surface area contributed by atoms with Crippen molar-refractivity contribution >= 4 is 0 Å². The highest BCUT2D eigenvalue weighted by atomic mass is 16.5. The van der Waals surface area contributed by atoms with Gasteiger partial charge < -0.3 is 19.5 Å². The van der Waals surface area contributed by atoms with E-state index in [1.54, 1.807) is 25.7 Å². The van der Waals surface area contributed by atoms with Gasteiger partial charge in [0.15, 0.2) is 11.5 Å². The number of likely N-dealkylation sites (N-methyl/N-ethyl adjacent to an activating group) is 1. The molecule has 31 heavy (non-hydrogen) atoms. The third kappa shape index (κ3) is 7.45. The van der Waals surface area contributed by atoms with Crippen molar-refractivity contribution in [3.63, 3.8) is 0 Å². The molecular weight excluding hydrogens is 392 g/mol. The van der Waals surface area contributed by atoms with Crippen molar-refractivity contribution in [2.24, 2.45) is 0 Å². The summed E-state index contributed by atoms with van der Waals surface area (Å²) < 4.78 is 11.4. The van der Waals surface area contributed by atoms with Crippen LogP contribution in [-0.4, -0.2) is 71.4 Å². The van der Waals surface area contributed by atoms with Gasteiger partial charge in [-0.3, -0.25) is 14.9 Å². The Kier molecular flexibility index (Phi) is 9.06. The molecular formula is C24H36N4O3. The number of aliphatic hydroxyl groups excluding tert-OH is 1. The van der Waals surface area contributed by atoms with Gasteiger partial charge in [-0.25, -0.2) is 0 Å². The average Bonchev–Trinajstić information content (AvgIpc) is 2.79. The van der Waals surface area contributed by atoms with E-state index in [9.17, 15) is 5.11 Å². The van der Waals surface area contributed by atoms with E-state index in [1.807, 2.05) is 25.2 Å². The Morgan fingerprint density at radius 1 is 1.10 bits per heavy atom. The van der Waals surface area contributed by atoms with Crippen molar-refractivity contribution in [3.8, 4) is 11.5 Å². The normalized spacial score (nSPS) is 15.9. The van der Waals surface area contributed by atoms with Crippen LogP contribution in [0.5, 0.6) is 11.5 Å². The number of methoxy groups -OCH3 is 1. The molecule has 1 fully saturated rings. The predicted molar refractivity (Wildman–Crippen MR) is 121 cm³/mol. The van der Waals surface area contributed by atoms with Gasteiger partial charge in [0.25, 0.3) is 0 Å². The van der Waals surface area contributed by atoms with E-state index in [1.165, 1.54) is 32.1 Å². The van der Waals surface area contributed by atoms with Gasteiger partial charge in [-0.15, -0.1) is 0 Å². The topological polar surface area (TPSA) is 71.0 Å². The third-order valence-electron chi connectivity index (χ3n) is 5.86. The van der Waals surface area contributed by atoms with Crippen LogP contribution in [0, 0.1) is 0 Å². The van der Waals surface area contributed by atoms with Crippen LogP contribution >= 0.6 is 0 Å². The Balaban J connectivity index is 1.49. The highest BCUT2D eigenvalue weighted by Gasteiger charge is 2.20. The van der Waals surface area contributed by atoms with E-state index >= 15 is 0 Å². The van der Waals surface area contributed by atoms with E-state index in [0.717, 1.165) is 24.3 Å². The summed E-state index contributed by atoms with van der Waals surface area (Å²) in [6, 6.07) is 6.52. The zero-order valence-electron chi connectivity index (χ0n) is 19.0. The van der Waals surface area contributed by atoms with Crippen molar-refractivity contribution in [2.75, 3.05) is 34.4 Å². The smallest absolute Gasteiger partial charge is 0.161 e. The van der Waals surface area contributed by atoms with Crippen molar-refractivity contribution < 1.29 is 14.6 Å². The van der Waals surface area contributed by atoms with Gasteiger partial charge in [-0.1, -0.05) is 25.3 Å². The lowest BCUT2D eigenvalue weighted by Crippen LogP contribution is -2.40. The van der Waals surface area contributed by atoms with Crippen molar-refractivity contribution in [3.05, 3.63) is 48.0 Å². The maximum Gasteiger partial charge on any atom is 0.161 e. The number of hydrogen-bond donors (Lipinski definition) is 1. The maximum atomic E-state index is 10.5. The minimum atomic E-state index is -0.533. The molecule has 1 aromatic heterocycles. The standard InChI is InChI=1S/C24H36N4O3/c1-27(16-20-14-25-11-12-26-20)15-19-9-10-23(24(13-19)30-3)31-18-22(29)17-28(2)21-7-5-4-6-8-21/h9-14,21-22,29H,4-8,15-18H2,1-3H3. The van der Waals surface area contributed by atoms with Gasteiger partial charge in [0.1, 0.15) is 12.7 Å². The second-order valence-electron chi connectivity index (χ2n) is 8.55. The first kappa shape index (κ1) is 23.4. The van der Waals surface area contributed by atoms with Crippen molar-refractivity contribution in [2.45, 2.75) is 57.3 Å². The number of aliphatic hydroxyl groups is 1. The van der Waals surface area contributed by atoms with E-state index in [0.29, 0.717) is 24.1 Å². The molecule has 170 valence electrons. The van der Waals surface area contributed by atoms with Crippen LogP contribution in [0.15, 0.2) is 36.8 Å². The molecule has 1 aliphatic rings. The van der Waals surface area contributed by atoms with Gasteiger partial charge in [0.05, 0.1) is 12.8 Å². The van der Waals surface area contributed by atoms with Gasteiger partial charge in [-0.2, -0.15) is 0 Å². The zero-order chi connectivity index (χ0) is 22.1. The predicted octanol–water partition coefficient (Wildman–Crippen LogP) is 3.12. The highest BCUT2D eigenvalue weighted by molar-refractivity contribution is 5.43. The molecule has 0 radical (unpaired) electrons. The Morgan fingerprint density at radius 3 is 2.61 bits per heavy atom. The molecule has 0 bridgehead atoms. The van der Waals surface area contributed by atoms with Crippen LogP contribution in [0.3, 0.4) is 0 Å². The Labute approximate surface area is 186 Å². The molecule has 2 aromatic rings. The number of nitrogens with zero attached hydrogens (tertiary/aromatic N) is 4. The minimum absolute atomic E-state index is 0.249. The molecule has 7 nitrogen and oxygen atoms in total. The molecule has 1 saturated carbocycles. The van der Waals surface area contributed by atoms with E-state index in [2.05, 4.69) is 26.8 Å². The van der Waals surface area contributed by atoms with E-state index in [-0.39, 0.29) is 6.61 Å². The first-order valence-electron chi connectivity index (χ1n) is 11.2. The fourth-order valence-corrected chi connectivity index (χ4v) is 4.23. The SMILES string of the molecule is COc1cc(CN(C)Cc2cnccn2)ccc1OCC(O)CN(C)C1CCCCC1. The molecule has 1 aromatic carbocycles. The summed E-state index contributed by atoms with van der Waals surface area (Å²) >= 11 is 0. The lowest BCUT2D eigenvalue weighted by Gasteiger charge is -2.32. The summed E-state index contributed by atoms with van der Waals surface area (Å²) in [6.45, 7) is 2.34. The quantitative estimate of drug-likeness (QED) is 0.590. The van der Waals surface area contributed by atoms with Crippen LogP contribution in [0.1, 0.15) is 43.4 Å². The molecule has 0 aliphatic heterocycles. The number of benzene rings is 1. The Hall–Kier alpha value is -2.22. The molecule has 0 spiro atoms. The third-order valence-corrected chi connectivity index (χ3v) is 5.86. The molecule has 7 heteroatoms. The highest BCUT2D eigenvalue weighted by Crippen LogP contribution is 2.29. The Morgan fingerprint density at radius 2 is 1.90 bits per heavy atom. The van der Waals surface area contributed by atoms with Crippen molar-refractivity contribution in [1.29, 1.82) is 0 Å². The lowest BCUT2D eigenvalue weighted by molar-refractivity contribution is 0.0553. The first-order valence-corrected chi connectivity index (χ1v) is 11.2. The van der Waals surface area contributed by atoms with Crippen LogP contribution in [0.4, 0.5) is 0 Å². The summed E-state index contributed by atoms with van der Waals surface area (Å²) in [5, 5.41) is 10.5. The van der Waals surface area contributed by atoms with Gasteiger partial charge in [-0.05, 0) is 44.6 Å². The number of aromatic nitrogens is 2. The van der Waals surface area contributed by atoms with Gasteiger partial charge in [0, 0.05) is 44.3 Å². The summed E-state index contributed by atoms with van der Waals surface area (Å²) in [4.78, 5) is 12.9. The van der Waals surface area contributed by atoms with E-state index in [4.69, 9.17) is 9.47 Å². The largest absolute Gasteiger partial charge is 0.493 e. The molecule has 1 N–H and O–H groups in total.